The maximum absolute atomic E-state index is 12.6. The van der Waals surface area contributed by atoms with E-state index in [0.29, 0.717) is 33.8 Å². The molecule has 34 heavy (non-hydrogen) atoms. The van der Waals surface area contributed by atoms with Crippen molar-refractivity contribution in [3.63, 3.8) is 0 Å². The summed E-state index contributed by atoms with van der Waals surface area (Å²) < 4.78 is 11.7. The molecule has 2 N–H and O–H groups in total. The highest BCUT2D eigenvalue weighted by Crippen LogP contribution is 2.28. The van der Waals surface area contributed by atoms with E-state index < -0.39 is 10.8 Å². The Kier molecular flexibility index (Phi) is 6.85. The van der Waals surface area contributed by atoms with Crippen LogP contribution in [0.2, 0.25) is 0 Å². The average Bonchev–Trinajstić information content (AvgIpc) is 3.23. The Hall–Kier alpha value is -3.83. The number of halogens is 1. The molecule has 0 aliphatic carbocycles. The monoisotopic (exact) mass is 540 g/mol. The van der Waals surface area contributed by atoms with Crippen LogP contribution in [0.15, 0.2) is 69.6 Å². The number of non-ortho nitro benzene ring substituents is 1. The number of rotatable bonds is 6. The SMILES string of the molecule is CCOc1ccc(-c2nc3cc(NC(=S)NC(=O)c4cc([N+](=O)[O-])ccc4Br)ccc3o2)cc1. The van der Waals surface area contributed by atoms with Crippen LogP contribution in [-0.2, 0) is 0 Å². The van der Waals surface area contributed by atoms with E-state index in [1.54, 1.807) is 18.2 Å². The Morgan fingerprint density at radius 2 is 1.94 bits per heavy atom. The van der Waals surface area contributed by atoms with E-state index in [1.807, 2.05) is 31.2 Å². The fourth-order valence-electron chi connectivity index (χ4n) is 3.12. The van der Waals surface area contributed by atoms with Crippen molar-refractivity contribution in [2.24, 2.45) is 0 Å². The van der Waals surface area contributed by atoms with E-state index in [9.17, 15) is 14.9 Å². The number of hydrogen-bond acceptors (Lipinski definition) is 7. The number of fused-ring (bicyclic) bond motifs is 1. The number of ether oxygens (including phenoxy) is 1. The second kappa shape index (κ2) is 9.98. The highest BCUT2D eigenvalue weighted by molar-refractivity contribution is 9.10. The van der Waals surface area contributed by atoms with Gasteiger partial charge in [0.05, 0.1) is 17.1 Å². The van der Waals surface area contributed by atoms with Gasteiger partial charge in [0.15, 0.2) is 10.7 Å². The zero-order valence-corrected chi connectivity index (χ0v) is 20.1. The lowest BCUT2D eigenvalue weighted by atomic mass is 10.2. The molecule has 0 atom stereocenters. The van der Waals surface area contributed by atoms with Gasteiger partial charge in [0.25, 0.3) is 11.6 Å². The molecule has 0 saturated carbocycles. The minimum atomic E-state index is -0.589. The van der Waals surface area contributed by atoms with E-state index in [4.69, 9.17) is 21.4 Å². The first kappa shape index (κ1) is 23.3. The van der Waals surface area contributed by atoms with Gasteiger partial charge in [0.2, 0.25) is 5.89 Å². The van der Waals surface area contributed by atoms with Gasteiger partial charge in [-0.1, -0.05) is 0 Å². The Balaban J connectivity index is 1.47. The van der Waals surface area contributed by atoms with Crippen LogP contribution in [-0.4, -0.2) is 27.5 Å². The van der Waals surface area contributed by atoms with Crippen molar-refractivity contribution in [2.45, 2.75) is 6.92 Å². The molecule has 3 aromatic carbocycles. The molecule has 0 bridgehead atoms. The Labute approximate surface area is 207 Å². The predicted molar refractivity (Wildman–Crippen MR) is 135 cm³/mol. The summed E-state index contributed by atoms with van der Waals surface area (Å²) in [5.41, 5.74) is 2.47. The first-order chi connectivity index (χ1) is 16.3. The van der Waals surface area contributed by atoms with Gasteiger partial charge >= 0.3 is 0 Å². The van der Waals surface area contributed by atoms with Crippen LogP contribution in [0.4, 0.5) is 11.4 Å². The van der Waals surface area contributed by atoms with Crippen molar-refractivity contribution in [3.8, 4) is 17.2 Å². The van der Waals surface area contributed by atoms with Crippen molar-refractivity contribution in [1.29, 1.82) is 0 Å². The normalized spacial score (nSPS) is 10.6. The molecule has 0 spiro atoms. The van der Waals surface area contributed by atoms with Gasteiger partial charge in [-0.3, -0.25) is 20.2 Å². The standard InChI is InChI=1S/C23H17BrN4O5S/c1-2-32-16-7-3-13(4-8-16)22-26-19-11-14(5-10-20(19)33-22)25-23(34)27-21(29)17-12-15(28(30)31)6-9-18(17)24/h3-12H,2H2,1H3,(H2,25,27,29,34). The van der Waals surface area contributed by atoms with Crippen molar-refractivity contribution >= 4 is 61.6 Å². The maximum atomic E-state index is 12.6. The van der Waals surface area contributed by atoms with Gasteiger partial charge in [-0.2, -0.15) is 0 Å². The molecule has 9 nitrogen and oxygen atoms in total. The lowest BCUT2D eigenvalue weighted by Gasteiger charge is -2.10. The minimum Gasteiger partial charge on any atom is -0.494 e. The van der Waals surface area contributed by atoms with Crippen molar-refractivity contribution in [2.75, 3.05) is 11.9 Å². The first-order valence-corrected chi connectivity index (χ1v) is 11.2. The number of aromatic nitrogens is 1. The van der Waals surface area contributed by atoms with E-state index in [1.165, 1.54) is 18.2 Å². The van der Waals surface area contributed by atoms with Crippen molar-refractivity contribution in [1.82, 2.24) is 10.3 Å². The third-order valence-electron chi connectivity index (χ3n) is 4.69. The number of carbonyl (C=O) groups excluding carboxylic acids is 1. The van der Waals surface area contributed by atoms with Gasteiger partial charge in [0.1, 0.15) is 11.3 Å². The van der Waals surface area contributed by atoms with Crippen molar-refractivity contribution < 1.29 is 18.9 Å². The van der Waals surface area contributed by atoms with Crippen LogP contribution in [0.5, 0.6) is 5.75 Å². The molecule has 4 aromatic rings. The number of nitro benzene ring substituents is 1. The summed E-state index contributed by atoms with van der Waals surface area (Å²) in [6.45, 7) is 2.51. The first-order valence-electron chi connectivity index (χ1n) is 10.0. The summed E-state index contributed by atoms with van der Waals surface area (Å²) >= 11 is 8.45. The number of hydrogen-bond donors (Lipinski definition) is 2. The summed E-state index contributed by atoms with van der Waals surface area (Å²) in [6, 6.07) is 16.5. The third kappa shape index (κ3) is 5.21. The maximum Gasteiger partial charge on any atom is 0.270 e. The number of carbonyl (C=O) groups is 1. The second-order valence-electron chi connectivity index (χ2n) is 6.99. The van der Waals surface area contributed by atoms with Crippen LogP contribution >= 0.6 is 28.1 Å². The summed E-state index contributed by atoms with van der Waals surface area (Å²) in [5.74, 6) is 0.636. The molecule has 1 aromatic heterocycles. The zero-order chi connectivity index (χ0) is 24.2. The Morgan fingerprint density at radius 1 is 1.18 bits per heavy atom. The smallest absolute Gasteiger partial charge is 0.270 e. The number of nitrogens with zero attached hydrogens (tertiary/aromatic N) is 2. The summed E-state index contributed by atoms with van der Waals surface area (Å²) in [4.78, 5) is 27.5. The largest absolute Gasteiger partial charge is 0.494 e. The van der Waals surface area contributed by atoms with Gasteiger partial charge in [-0.15, -0.1) is 0 Å². The number of nitrogens with one attached hydrogen (secondary N) is 2. The molecule has 0 aliphatic heterocycles. The number of thiocarbonyl (C=S) groups is 1. The number of benzene rings is 3. The number of anilines is 1. The zero-order valence-electron chi connectivity index (χ0n) is 17.7. The number of amides is 1. The molecule has 0 saturated heterocycles. The fourth-order valence-corrected chi connectivity index (χ4v) is 3.76. The van der Waals surface area contributed by atoms with Crippen LogP contribution in [0.1, 0.15) is 17.3 Å². The quantitative estimate of drug-likeness (QED) is 0.182. The number of nitro groups is 1. The average molecular weight is 541 g/mol. The summed E-state index contributed by atoms with van der Waals surface area (Å²) in [5, 5.41) is 16.5. The van der Waals surface area contributed by atoms with Crippen LogP contribution in [0.3, 0.4) is 0 Å². The lowest BCUT2D eigenvalue weighted by molar-refractivity contribution is -0.384. The van der Waals surface area contributed by atoms with Gasteiger partial charge in [0, 0.05) is 27.9 Å². The van der Waals surface area contributed by atoms with Gasteiger partial charge < -0.3 is 14.5 Å². The topological polar surface area (TPSA) is 120 Å². The Bertz CT molecular complexity index is 1400. The Morgan fingerprint density at radius 3 is 2.65 bits per heavy atom. The molecule has 4 rings (SSSR count). The number of oxazole rings is 1. The molecular weight excluding hydrogens is 524 g/mol. The molecule has 0 unspecified atom stereocenters. The lowest BCUT2D eigenvalue weighted by Crippen LogP contribution is -2.34. The van der Waals surface area contributed by atoms with E-state index >= 15 is 0 Å². The van der Waals surface area contributed by atoms with E-state index in [0.717, 1.165) is 11.3 Å². The minimum absolute atomic E-state index is 0.0259. The van der Waals surface area contributed by atoms with Gasteiger partial charge in [-0.25, -0.2) is 4.98 Å². The molecular formula is C23H17BrN4O5S. The summed E-state index contributed by atoms with van der Waals surface area (Å²) in [6.07, 6.45) is 0. The van der Waals surface area contributed by atoms with Crippen LogP contribution < -0.4 is 15.4 Å². The van der Waals surface area contributed by atoms with E-state index in [-0.39, 0.29) is 16.4 Å². The van der Waals surface area contributed by atoms with Crippen LogP contribution in [0.25, 0.3) is 22.6 Å². The van der Waals surface area contributed by atoms with Crippen LogP contribution in [0, 0.1) is 10.1 Å². The second-order valence-corrected chi connectivity index (χ2v) is 8.25. The highest BCUT2D eigenvalue weighted by atomic mass is 79.9. The molecule has 172 valence electrons. The predicted octanol–water partition coefficient (Wildman–Crippen LogP) is 5.69. The van der Waals surface area contributed by atoms with E-state index in [2.05, 4.69) is 31.5 Å². The van der Waals surface area contributed by atoms with Crippen molar-refractivity contribution in [3.05, 3.63) is 80.8 Å². The molecule has 11 heteroatoms. The molecule has 1 heterocycles. The molecule has 0 fully saturated rings. The van der Waals surface area contributed by atoms with Gasteiger partial charge in [-0.05, 0) is 83.6 Å². The fraction of sp³-hybridized carbons (Fsp3) is 0.0870. The highest BCUT2D eigenvalue weighted by Gasteiger charge is 2.17. The molecule has 0 aliphatic rings. The third-order valence-corrected chi connectivity index (χ3v) is 5.59. The molecule has 0 radical (unpaired) electrons. The summed E-state index contributed by atoms with van der Waals surface area (Å²) in [7, 11) is 0. The molecule has 1 amide bonds.